The highest BCUT2D eigenvalue weighted by Gasteiger charge is 2.07. The number of nitrogens with one attached hydrogen (secondary N) is 2. The van der Waals surface area contributed by atoms with Crippen LogP contribution in [0, 0.1) is 11.3 Å². The summed E-state index contributed by atoms with van der Waals surface area (Å²) in [6, 6.07) is 18.0. The summed E-state index contributed by atoms with van der Waals surface area (Å²) in [7, 11) is 0. The molecular formula is C16H11N5O. The number of nitriles is 1. The minimum Gasteiger partial charge on any atom is -0.324 e. The van der Waals surface area contributed by atoms with Crippen molar-refractivity contribution in [2.75, 3.05) is 5.32 Å². The summed E-state index contributed by atoms with van der Waals surface area (Å²) in [5.41, 5.74) is 1.92. The summed E-state index contributed by atoms with van der Waals surface area (Å²) < 4.78 is 0. The van der Waals surface area contributed by atoms with E-state index >= 15 is 0 Å². The maximum Gasteiger partial charge on any atom is 0.279 e. The van der Waals surface area contributed by atoms with Crippen molar-refractivity contribution >= 4 is 11.6 Å². The quantitative estimate of drug-likeness (QED) is 0.772. The average molecular weight is 289 g/mol. The predicted octanol–water partition coefficient (Wildman–Crippen LogP) is 2.45. The van der Waals surface area contributed by atoms with Crippen molar-refractivity contribution in [3.63, 3.8) is 0 Å². The zero-order chi connectivity index (χ0) is 15.4. The Hall–Kier alpha value is -3.46. The molecule has 6 nitrogen and oxygen atoms in total. The van der Waals surface area contributed by atoms with Gasteiger partial charge in [-0.3, -0.25) is 9.78 Å². The highest BCUT2D eigenvalue weighted by atomic mass is 16.1. The van der Waals surface area contributed by atoms with E-state index in [1.54, 1.807) is 36.4 Å². The van der Waals surface area contributed by atoms with E-state index < -0.39 is 0 Å². The summed E-state index contributed by atoms with van der Waals surface area (Å²) in [6.07, 6.45) is 0. The summed E-state index contributed by atoms with van der Waals surface area (Å²) in [5.74, 6) is 0.245. The molecule has 3 aromatic rings. The molecule has 0 saturated carbocycles. The van der Waals surface area contributed by atoms with E-state index in [1.807, 2.05) is 24.3 Å². The largest absolute Gasteiger partial charge is 0.324 e. The highest BCUT2D eigenvalue weighted by Crippen LogP contribution is 2.14. The van der Waals surface area contributed by atoms with Gasteiger partial charge in [-0.05, 0) is 24.3 Å². The van der Waals surface area contributed by atoms with Gasteiger partial charge in [0.05, 0.1) is 11.6 Å². The van der Waals surface area contributed by atoms with Crippen molar-refractivity contribution in [1.82, 2.24) is 15.2 Å². The highest BCUT2D eigenvalue weighted by molar-refractivity contribution is 5.59. The number of rotatable bonds is 3. The molecule has 0 radical (unpaired) electrons. The zero-order valence-electron chi connectivity index (χ0n) is 11.4. The lowest BCUT2D eigenvalue weighted by Crippen LogP contribution is -2.15. The number of H-pyrrole nitrogens is 1. The van der Waals surface area contributed by atoms with Crippen LogP contribution < -0.4 is 10.9 Å². The van der Waals surface area contributed by atoms with Crippen LogP contribution in [0.2, 0.25) is 0 Å². The van der Waals surface area contributed by atoms with Crippen LogP contribution in [0.15, 0.2) is 59.4 Å². The van der Waals surface area contributed by atoms with Gasteiger partial charge in [0.2, 0.25) is 5.95 Å². The number of nitrogens with zero attached hydrogens (tertiary/aromatic N) is 3. The van der Waals surface area contributed by atoms with E-state index in [1.165, 1.54) is 0 Å². The number of hydrogen-bond acceptors (Lipinski definition) is 5. The lowest BCUT2D eigenvalue weighted by Gasteiger charge is -2.05. The van der Waals surface area contributed by atoms with Crippen molar-refractivity contribution in [3.05, 3.63) is 70.5 Å². The molecule has 0 aliphatic rings. The van der Waals surface area contributed by atoms with E-state index in [4.69, 9.17) is 5.26 Å². The SMILES string of the molecule is N#Cc1ccc(Nc2nnc(-c3ccccc3)c(=O)[nH]2)cc1. The lowest BCUT2D eigenvalue weighted by molar-refractivity contribution is 0.962. The normalized spacial score (nSPS) is 9.95. The summed E-state index contributed by atoms with van der Waals surface area (Å²) in [6.45, 7) is 0. The van der Waals surface area contributed by atoms with Crippen molar-refractivity contribution in [1.29, 1.82) is 5.26 Å². The molecule has 1 heterocycles. The third-order valence-electron chi connectivity index (χ3n) is 3.02. The van der Waals surface area contributed by atoms with E-state index in [-0.39, 0.29) is 17.2 Å². The molecule has 0 fully saturated rings. The number of hydrogen-bond donors (Lipinski definition) is 2. The minimum absolute atomic E-state index is 0.245. The Morgan fingerprint density at radius 2 is 1.73 bits per heavy atom. The molecule has 0 aliphatic heterocycles. The first-order valence-corrected chi connectivity index (χ1v) is 6.56. The molecule has 3 rings (SSSR count). The van der Waals surface area contributed by atoms with Crippen molar-refractivity contribution in [2.45, 2.75) is 0 Å². The van der Waals surface area contributed by atoms with Gasteiger partial charge in [0.25, 0.3) is 5.56 Å². The number of anilines is 2. The van der Waals surface area contributed by atoms with Crippen LogP contribution in [-0.4, -0.2) is 15.2 Å². The van der Waals surface area contributed by atoms with Crippen LogP contribution in [0.4, 0.5) is 11.6 Å². The molecule has 2 aromatic carbocycles. The Labute approximate surface area is 126 Å². The van der Waals surface area contributed by atoms with E-state index in [0.29, 0.717) is 16.8 Å². The van der Waals surface area contributed by atoms with Gasteiger partial charge in [-0.1, -0.05) is 30.3 Å². The number of aromatic amines is 1. The maximum absolute atomic E-state index is 12.1. The average Bonchev–Trinajstić information content (AvgIpc) is 2.56. The minimum atomic E-state index is -0.322. The van der Waals surface area contributed by atoms with Gasteiger partial charge in [-0.2, -0.15) is 5.26 Å². The first-order valence-electron chi connectivity index (χ1n) is 6.56. The van der Waals surface area contributed by atoms with E-state index in [2.05, 4.69) is 20.5 Å². The summed E-state index contributed by atoms with van der Waals surface area (Å²) >= 11 is 0. The second kappa shape index (κ2) is 5.89. The van der Waals surface area contributed by atoms with Crippen LogP contribution in [0.3, 0.4) is 0 Å². The van der Waals surface area contributed by atoms with Gasteiger partial charge in [0, 0.05) is 11.3 Å². The fourth-order valence-electron chi connectivity index (χ4n) is 1.94. The zero-order valence-corrected chi connectivity index (χ0v) is 11.4. The smallest absolute Gasteiger partial charge is 0.279 e. The summed E-state index contributed by atoms with van der Waals surface area (Å²) in [5, 5.41) is 19.6. The second-order valence-electron chi connectivity index (χ2n) is 4.53. The molecule has 0 unspecified atom stereocenters. The van der Waals surface area contributed by atoms with Crippen LogP contribution in [0.5, 0.6) is 0 Å². The summed E-state index contributed by atoms with van der Waals surface area (Å²) in [4.78, 5) is 14.7. The molecule has 0 aliphatic carbocycles. The van der Waals surface area contributed by atoms with Gasteiger partial charge in [-0.25, -0.2) is 0 Å². The fraction of sp³-hybridized carbons (Fsp3) is 0. The molecule has 1 aromatic heterocycles. The van der Waals surface area contributed by atoms with Crippen LogP contribution in [0.25, 0.3) is 11.3 Å². The van der Waals surface area contributed by atoms with Gasteiger partial charge >= 0.3 is 0 Å². The van der Waals surface area contributed by atoms with Crippen LogP contribution in [-0.2, 0) is 0 Å². The molecule has 6 heteroatoms. The molecule has 2 N–H and O–H groups in total. The fourth-order valence-corrected chi connectivity index (χ4v) is 1.94. The lowest BCUT2D eigenvalue weighted by atomic mass is 10.2. The maximum atomic E-state index is 12.1. The Bertz CT molecular complexity index is 879. The molecule has 0 spiro atoms. The molecule has 0 amide bonds. The Kier molecular flexibility index (Phi) is 3.62. The molecule has 0 saturated heterocycles. The molecule has 0 bridgehead atoms. The number of benzene rings is 2. The third kappa shape index (κ3) is 2.83. The van der Waals surface area contributed by atoms with Crippen molar-refractivity contribution in [3.8, 4) is 17.3 Å². The molecule has 22 heavy (non-hydrogen) atoms. The van der Waals surface area contributed by atoms with E-state index in [0.717, 1.165) is 0 Å². The Morgan fingerprint density at radius 3 is 2.36 bits per heavy atom. The van der Waals surface area contributed by atoms with Crippen molar-refractivity contribution < 1.29 is 0 Å². The third-order valence-corrected chi connectivity index (χ3v) is 3.02. The van der Waals surface area contributed by atoms with Crippen LogP contribution in [0.1, 0.15) is 5.56 Å². The van der Waals surface area contributed by atoms with Gasteiger partial charge in [0.15, 0.2) is 5.69 Å². The van der Waals surface area contributed by atoms with Gasteiger partial charge in [0.1, 0.15) is 0 Å². The van der Waals surface area contributed by atoms with Crippen molar-refractivity contribution in [2.24, 2.45) is 0 Å². The topological polar surface area (TPSA) is 94.5 Å². The molecule has 106 valence electrons. The molecular weight excluding hydrogens is 278 g/mol. The predicted molar refractivity (Wildman–Crippen MR) is 82.5 cm³/mol. The van der Waals surface area contributed by atoms with Gasteiger partial charge < -0.3 is 5.32 Å². The first-order chi connectivity index (χ1) is 10.8. The monoisotopic (exact) mass is 289 g/mol. The Balaban J connectivity index is 1.86. The number of aromatic nitrogens is 3. The van der Waals surface area contributed by atoms with E-state index in [9.17, 15) is 4.79 Å². The Morgan fingerprint density at radius 1 is 1.00 bits per heavy atom. The second-order valence-corrected chi connectivity index (χ2v) is 4.53. The standard InChI is InChI=1S/C16H11N5O/c17-10-11-6-8-13(9-7-11)18-16-19-15(22)14(20-21-16)12-4-2-1-3-5-12/h1-9H,(H2,18,19,21,22). The molecule has 0 atom stereocenters. The van der Waals surface area contributed by atoms with Gasteiger partial charge in [-0.15, -0.1) is 10.2 Å². The first kappa shape index (κ1) is 13.5. The van der Waals surface area contributed by atoms with Crippen LogP contribution >= 0.6 is 0 Å².